The second-order valence-electron chi connectivity index (χ2n) is 8.69. The molecule has 37 heavy (non-hydrogen) atoms. The molecule has 13 heteroatoms. The van der Waals surface area contributed by atoms with Gasteiger partial charge < -0.3 is 14.6 Å². The highest BCUT2D eigenvalue weighted by molar-refractivity contribution is 7.48. The molecule has 2 saturated heterocycles. The Hall–Kier alpha value is -3.17. The molecular weight excluding hydrogens is 503 g/mol. The Bertz CT molecular complexity index is 1420. The summed E-state index contributed by atoms with van der Waals surface area (Å²) in [6.45, 7) is 3.42. The van der Waals surface area contributed by atoms with Crippen LogP contribution in [0.5, 0.6) is 0 Å². The van der Waals surface area contributed by atoms with Gasteiger partial charge in [0.15, 0.2) is 0 Å². The molecule has 5 atom stereocenters. The van der Waals surface area contributed by atoms with Crippen molar-refractivity contribution >= 4 is 19.3 Å². The molecule has 0 saturated carbocycles. The van der Waals surface area contributed by atoms with Crippen LogP contribution in [0.1, 0.15) is 40.7 Å². The zero-order valence-electron chi connectivity index (χ0n) is 20.1. The molecule has 0 aliphatic carbocycles. The number of aryl methyl sites for hydroxylation is 1. The molecular formula is C24H25N4O8P. The van der Waals surface area contributed by atoms with Gasteiger partial charge in [-0.05, 0) is 37.1 Å². The molecule has 2 aromatic heterocycles. The quantitative estimate of drug-likeness (QED) is 0.355. The third kappa shape index (κ3) is 4.44. The number of hydrogen-bond acceptors (Lipinski definition) is 11. The first-order chi connectivity index (χ1) is 17.8. The molecule has 194 valence electrons. The average Bonchev–Trinajstić information content (AvgIpc) is 3.47. The zero-order valence-corrected chi connectivity index (χ0v) is 21.0. The fraction of sp³-hybridized carbons (Fsp3) is 0.417. The minimum absolute atomic E-state index is 0.250. The number of aliphatic hydroxyl groups is 1. The highest BCUT2D eigenvalue weighted by Gasteiger charge is 2.62. The van der Waals surface area contributed by atoms with Gasteiger partial charge in [-0.15, -0.1) is 0 Å². The standard InChI is InChI=1S/C24H25N4O8P/c1-3-10-32-23(30)17-7-5-4-6-16(17)11-33-37(31)34-12-19-21(36-37)22(29)24(13-25,35-19)20-9-8-18-15(2)26-14-27-28(18)20/h4-9,14,19,21-22,29H,3,10-12H2,1-2H3/t19-,21-,22-,24+,37?/m1/s1. The predicted octanol–water partition coefficient (Wildman–Crippen LogP) is 2.82. The summed E-state index contributed by atoms with van der Waals surface area (Å²) in [7, 11) is -4.19. The summed E-state index contributed by atoms with van der Waals surface area (Å²) in [5.74, 6) is -0.526. The fourth-order valence-electron chi connectivity index (χ4n) is 4.44. The SMILES string of the molecule is CCCOC(=O)c1ccccc1COP1(=O)OC[C@H]2O[C@@](C#N)(c3ccc4c(C)ncnn34)[C@H](O)[C@@H]2O1. The monoisotopic (exact) mass is 528 g/mol. The van der Waals surface area contributed by atoms with Gasteiger partial charge in [-0.3, -0.25) is 13.6 Å². The van der Waals surface area contributed by atoms with Crippen LogP contribution in [0.25, 0.3) is 5.52 Å². The number of carbonyl (C=O) groups excluding carboxylic acids is 1. The molecule has 1 N–H and O–H groups in total. The third-order valence-electron chi connectivity index (χ3n) is 6.32. The smallest absolute Gasteiger partial charge is 0.462 e. The van der Waals surface area contributed by atoms with Crippen molar-refractivity contribution in [3.05, 3.63) is 65.2 Å². The first-order valence-electron chi connectivity index (χ1n) is 11.7. The van der Waals surface area contributed by atoms with Crippen LogP contribution in [0.15, 0.2) is 42.7 Å². The maximum Gasteiger partial charge on any atom is 0.475 e. The van der Waals surface area contributed by atoms with E-state index in [0.29, 0.717) is 23.2 Å². The molecule has 0 amide bonds. The zero-order chi connectivity index (χ0) is 26.2. The van der Waals surface area contributed by atoms with E-state index in [-0.39, 0.29) is 31.1 Å². The average molecular weight is 528 g/mol. The van der Waals surface area contributed by atoms with Crippen LogP contribution >= 0.6 is 7.82 Å². The van der Waals surface area contributed by atoms with E-state index in [4.69, 9.17) is 23.0 Å². The van der Waals surface area contributed by atoms with E-state index in [1.54, 1.807) is 43.3 Å². The maximum atomic E-state index is 13.3. The van der Waals surface area contributed by atoms with Crippen molar-refractivity contribution in [2.75, 3.05) is 13.2 Å². The minimum atomic E-state index is -4.19. The van der Waals surface area contributed by atoms with Crippen LogP contribution in [0, 0.1) is 18.3 Å². The molecule has 5 rings (SSSR count). The van der Waals surface area contributed by atoms with Crippen molar-refractivity contribution < 1.29 is 37.5 Å². The molecule has 0 spiro atoms. The molecule has 0 radical (unpaired) electrons. The number of ether oxygens (including phenoxy) is 2. The van der Waals surface area contributed by atoms with E-state index in [1.165, 1.54) is 10.8 Å². The van der Waals surface area contributed by atoms with Gasteiger partial charge in [0.25, 0.3) is 0 Å². The van der Waals surface area contributed by atoms with E-state index in [1.807, 2.05) is 13.0 Å². The summed E-state index contributed by atoms with van der Waals surface area (Å²) in [6, 6.07) is 12.0. The Labute approximate surface area is 212 Å². The van der Waals surface area contributed by atoms with Crippen LogP contribution in [-0.4, -0.2) is 57.2 Å². The largest absolute Gasteiger partial charge is 0.475 e. The van der Waals surface area contributed by atoms with E-state index >= 15 is 0 Å². The van der Waals surface area contributed by atoms with E-state index in [0.717, 1.165) is 0 Å². The number of phosphoric acid groups is 1. The number of nitriles is 1. The summed E-state index contributed by atoms with van der Waals surface area (Å²) >= 11 is 0. The van der Waals surface area contributed by atoms with Gasteiger partial charge in [0.1, 0.15) is 30.7 Å². The van der Waals surface area contributed by atoms with Crippen LogP contribution in [-0.2, 0) is 39.8 Å². The first-order valence-corrected chi connectivity index (χ1v) is 13.2. The summed E-state index contributed by atoms with van der Waals surface area (Å²) in [5.41, 5.74) is 0.420. The van der Waals surface area contributed by atoms with Gasteiger partial charge in [0.05, 0.1) is 42.3 Å². The molecule has 4 heterocycles. The van der Waals surface area contributed by atoms with Crippen LogP contribution < -0.4 is 0 Å². The summed E-state index contributed by atoms with van der Waals surface area (Å²) in [6.07, 6.45) is -1.61. The topological polar surface area (TPSA) is 154 Å². The number of aliphatic hydroxyl groups excluding tert-OH is 1. The number of carbonyl (C=O) groups is 1. The number of aromatic nitrogens is 3. The van der Waals surface area contributed by atoms with Crippen molar-refractivity contribution in [2.45, 2.75) is 50.8 Å². The molecule has 1 aromatic carbocycles. The summed E-state index contributed by atoms with van der Waals surface area (Å²) < 4.78 is 42.5. The van der Waals surface area contributed by atoms with Crippen molar-refractivity contribution in [3.8, 4) is 6.07 Å². The molecule has 0 bridgehead atoms. The lowest BCUT2D eigenvalue weighted by Gasteiger charge is -2.30. The molecule has 1 unspecified atom stereocenters. The Kier molecular flexibility index (Phi) is 6.85. The lowest BCUT2D eigenvalue weighted by atomic mass is 9.92. The number of rotatable bonds is 7. The van der Waals surface area contributed by atoms with Crippen molar-refractivity contribution in [1.82, 2.24) is 14.6 Å². The number of nitrogens with zero attached hydrogens (tertiary/aromatic N) is 4. The van der Waals surface area contributed by atoms with Crippen molar-refractivity contribution in [2.24, 2.45) is 0 Å². The molecule has 2 fully saturated rings. The highest BCUT2D eigenvalue weighted by Crippen LogP contribution is 2.58. The summed E-state index contributed by atoms with van der Waals surface area (Å²) in [4.78, 5) is 16.5. The number of esters is 1. The van der Waals surface area contributed by atoms with Crippen LogP contribution in [0.3, 0.4) is 0 Å². The van der Waals surface area contributed by atoms with Crippen LogP contribution in [0.4, 0.5) is 0 Å². The van der Waals surface area contributed by atoms with Gasteiger partial charge in [0, 0.05) is 0 Å². The molecule has 3 aromatic rings. The number of hydrogen-bond donors (Lipinski definition) is 1. The first kappa shape index (κ1) is 25.5. The van der Waals surface area contributed by atoms with E-state index in [9.17, 15) is 19.7 Å². The van der Waals surface area contributed by atoms with Crippen molar-refractivity contribution in [1.29, 1.82) is 5.26 Å². The predicted molar refractivity (Wildman–Crippen MR) is 126 cm³/mol. The highest BCUT2D eigenvalue weighted by atomic mass is 31.2. The van der Waals surface area contributed by atoms with E-state index in [2.05, 4.69) is 10.1 Å². The molecule has 2 aliphatic heterocycles. The van der Waals surface area contributed by atoms with Gasteiger partial charge in [0.2, 0.25) is 5.60 Å². The summed E-state index contributed by atoms with van der Waals surface area (Å²) in [5, 5.41) is 25.6. The number of fused-ring (bicyclic) bond motifs is 2. The van der Waals surface area contributed by atoms with Gasteiger partial charge in [-0.2, -0.15) is 10.4 Å². The fourth-order valence-corrected chi connectivity index (χ4v) is 5.82. The van der Waals surface area contributed by atoms with Crippen molar-refractivity contribution in [3.63, 3.8) is 0 Å². The molecule has 12 nitrogen and oxygen atoms in total. The second-order valence-corrected chi connectivity index (χ2v) is 10.3. The van der Waals surface area contributed by atoms with Gasteiger partial charge >= 0.3 is 13.8 Å². The van der Waals surface area contributed by atoms with Gasteiger partial charge in [-0.1, -0.05) is 25.1 Å². The maximum absolute atomic E-state index is 13.3. The second kappa shape index (κ2) is 9.95. The Balaban J connectivity index is 1.35. The number of phosphoric ester groups is 1. The third-order valence-corrected chi connectivity index (χ3v) is 7.74. The minimum Gasteiger partial charge on any atom is -0.462 e. The molecule has 2 aliphatic rings. The van der Waals surface area contributed by atoms with Crippen LogP contribution in [0.2, 0.25) is 0 Å². The lowest BCUT2D eigenvalue weighted by molar-refractivity contribution is -0.0781. The van der Waals surface area contributed by atoms with E-state index < -0.39 is 37.7 Å². The normalized spacial score (nSPS) is 29.1. The Morgan fingerprint density at radius 3 is 2.95 bits per heavy atom. The Morgan fingerprint density at radius 2 is 2.16 bits per heavy atom. The number of benzene rings is 1. The van der Waals surface area contributed by atoms with Gasteiger partial charge in [-0.25, -0.2) is 18.9 Å². The lowest BCUT2D eigenvalue weighted by Crippen LogP contribution is -2.43. The Morgan fingerprint density at radius 1 is 1.35 bits per heavy atom.